The molecule has 1 N–H and O–H groups in total. The average molecular weight is 307 g/mol. The number of benzene rings is 1. The Hall–Kier alpha value is -2.04. The Kier molecular flexibility index (Phi) is 6.89. The Bertz CT molecular complexity index is 479. The maximum absolute atomic E-state index is 11.8. The molecule has 22 heavy (non-hydrogen) atoms. The van der Waals surface area contributed by atoms with Crippen LogP contribution in [0.2, 0.25) is 0 Å². The minimum atomic E-state index is -0.528. The molecule has 1 amide bonds. The third kappa shape index (κ3) is 7.67. The second-order valence-electron chi connectivity index (χ2n) is 6.10. The van der Waals surface area contributed by atoms with Gasteiger partial charge in [-0.05, 0) is 32.8 Å². The van der Waals surface area contributed by atoms with Crippen molar-refractivity contribution in [3.05, 3.63) is 35.9 Å². The van der Waals surface area contributed by atoms with Crippen molar-refractivity contribution < 1.29 is 19.1 Å². The van der Waals surface area contributed by atoms with Gasteiger partial charge in [0.15, 0.2) is 0 Å². The van der Waals surface area contributed by atoms with Gasteiger partial charge in [0, 0.05) is 6.04 Å². The minimum absolute atomic E-state index is 0.133. The zero-order valence-electron chi connectivity index (χ0n) is 13.7. The first-order valence-electron chi connectivity index (χ1n) is 7.49. The topological polar surface area (TPSA) is 64.6 Å². The second kappa shape index (κ2) is 8.41. The average Bonchev–Trinajstić information content (AvgIpc) is 2.43. The standard InChI is InChI=1S/C17H25NO4/c1-5-14(11-15(19)22-17(2,3)4)18-16(20)21-12-13-9-7-6-8-10-13/h6-10,14H,5,11-12H2,1-4H3,(H,18,20)/t14-/m1/s1. The van der Waals surface area contributed by atoms with Crippen molar-refractivity contribution in [1.29, 1.82) is 0 Å². The van der Waals surface area contributed by atoms with E-state index in [1.54, 1.807) is 0 Å². The molecule has 0 aromatic heterocycles. The summed E-state index contributed by atoms with van der Waals surface area (Å²) in [7, 11) is 0. The first kappa shape index (κ1) is 18.0. The monoisotopic (exact) mass is 307 g/mol. The van der Waals surface area contributed by atoms with Crippen LogP contribution in [0, 0.1) is 0 Å². The number of rotatable bonds is 6. The molecule has 0 aliphatic rings. The number of hydrogen-bond donors (Lipinski definition) is 1. The summed E-state index contributed by atoms with van der Waals surface area (Å²) < 4.78 is 10.4. The Morgan fingerprint density at radius 2 is 1.82 bits per heavy atom. The predicted octanol–water partition coefficient (Wildman–Crippen LogP) is 3.42. The lowest BCUT2D eigenvalue weighted by atomic mass is 10.1. The van der Waals surface area contributed by atoms with Gasteiger partial charge in [-0.25, -0.2) is 4.79 Å². The normalized spacial score (nSPS) is 12.4. The molecule has 0 bridgehead atoms. The molecule has 1 aromatic rings. The summed E-state index contributed by atoms with van der Waals surface area (Å²) >= 11 is 0. The number of nitrogens with one attached hydrogen (secondary N) is 1. The quantitative estimate of drug-likeness (QED) is 0.818. The number of carbonyl (C=O) groups excluding carboxylic acids is 2. The van der Waals surface area contributed by atoms with E-state index in [1.165, 1.54) is 0 Å². The summed E-state index contributed by atoms with van der Waals surface area (Å²) in [6, 6.07) is 9.13. The molecule has 0 spiro atoms. The highest BCUT2D eigenvalue weighted by Gasteiger charge is 2.21. The van der Waals surface area contributed by atoms with Crippen molar-refractivity contribution >= 4 is 12.1 Å². The fraction of sp³-hybridized carbons (Fsp3) is 0.529. The lowest BCUT2D eigenvalue weighted by Crippen LogP contribution is -2.37. The molecule has 0 unspecified atom stereocenters. The summed E-state index contributed by atoms with van der Waals surface area (Å²) in [6.07, 6.45) is 0.229. The zero-order valence-corrected chi connectivity index (χ0v) is 13.7. The number of ether oxygens (including phenoxy) is 2. The molecule has 0 fully saturated rings. The summed E-state index contributed by atoms with van der Waals surface area (Å²) in [5, 5.41) is 2.69. The van der Waals surface area contributed by atoms with Gasteiger partial charge in [-0.1, -0.05) is 37.3 Å². The lowest BCUT2D eigenvalue weighted by Gasteiger charge is -2.22. The predicted molar refractivity (Wildman–Crippen MR) is 84.3 cm³/mol. The lowest BCUT2D eigenvalue weighted by molar-refractivity contribution is -0.155. The molecule has 1 atom stereocenters. The Balaban J connectivity index is 2.38. The maximum atomic E-state index is 11.8. The molecule has 1 aromatic carbocycles. The van der Waals surface area contributed by atoms with E-state index in [4.69, 9.17) is 9.47 Å². The molecule has 0 aliphatic carbocycles. The molecule has 5 heteroatoms. The van der Waals surface area contributed by atoms with E-state index in [9.17, 15) is 9.59 Å². The molecule has 5 nitrogen and oxygen atoms in total. The first-order chi connectivity index (χ1) is 10.3. The molecule has 0 heterocycles. The zero-order chi connectivity index (χ0) is 16.6. The van der Waals surface area contributed by atoms with E-state index in [0.29, 0.717) is 6.42 Å². The Morgan fingerprint density at radius 3 is 2.36 bits per heavy atom. The third-order valence-electron chi connectivity index (χ3n) is 2.86. The van der Waals surface area contributed by atoms with Gasteiger partial charge >= 0.3 is 12.1 Å². The number of amides is 1. The highest BCUT2D eigenvalue weighted by atomic mass is 16.6. The van der Waals surface area contributed by atoms with Gasteiger partial charge in [0.25, 0.3) is 0 Å². The molecular formula is C17H25NO4. The van der Waals surface area contributed by atoms with Crippen LogP contribution in [0.5, 0.6) is 0 Å². The van der Waals surface area contributed by atoms with E-state index in [1.807, 2.05) is 58.0 Å². The molecule has 122 valence electrons. The maximum Gasteiger partial charge on any atom is 0.407 e. The van der Waals surface area contributed by atoms with Crippen molar-refractivity contribution in [2.75, 3.05) is 0 Å². The van der Waals surface area contributed by atoms with E-state index in [-0.39, 0.29) is 25.0 Å². The first-order valence-corrected chi connectivity index (χ1v) is 7.49. The van der Waals surface area contributed by atoms with Crippen LogP contribution in [0.15, 0.2) is 30.3 Å². The number of hydrogen-bond acceptors (Lipinski definition) is 4. The van der Waals surface area contributed by atoms with Gasteiger partial charge in [-0.2, -0.15) is 0 Å². The fourth-order valence-corrected chi connectivity index (χ4v) is 1.81. The molecular weight excluding hydrogens is 282 g/mol. The van der Waals surface area contributed by atoms with E-state index < -0.39 is 11.7 Å². The summed E-state index contributed by atoms with van der Waals surface area (Å²) in [5.74, 6) is -0.331. The van der Waals surface area contributed by atoms with Crippen molar-refractivity contribution in [1.82, 2.24) is 5.32 Å². The van der Waals surface area contributed by atoms with Crippen molar-refractivity contribution in [3.63, 3.8) is 0 Å². The van der Waals surface area contributed by atoms with Crippen LogP contribution in [0.3, 0.4) is 0 Å². The summed E-state index contributed by atoms with van der Waals surface area (Å²) in [6.45, 7) is 7.54. The van der Waals surface area contributed by atoms with Crippen LogP contribution in [0.4, 0.5) is 4.79 Å². The Morgan fingerprint density at radius 1 is 1.18 bits per heavy atom. The van der Waals surface area contributed by atoms with Crippen molar-refractivity contribution in [2.45, 2.75) is 58.8 Å². The highest BCUT2D eigenvalue weighted by molar-refractivity contribution is 5.73. The molecule has 0 saturated carbocycles. The van der Waals surface area contributed by atoms with Crippen LogP contribution in [0.1, 0.15) is 46.1 Å². The van der Waals surface area contributed by atoms with Crippen LogP contribution in [-0.2, 0) is 20.9 Å². The number of carbonyl (C=O) groups is 2. The molecule has 0 radical (unpaired) electrons. The van der Waals surface area contributed by atoms with Crippen LogP contribution < -0.4 is 5.32 Å². The molecule has 1 rings (SSSR count). The minimum Gasteiger partial charge on any atom is -0.460 e. The van der Waals surface area contributed by atoms with Gasteiger partial charge in [0.2, 0.25) is 0 Å². The summed E-state index contributed by atoms with van der Waals surface area (Å²) in [4.78, 5) is 23.5. The SMILES string of the molecule is CC[C@H](CC(=O)OC(C)(C)C)NC(=O)OCc1ccccc1. The van der Waals surface area contributed by atoms with Crippen LogP contribution >= 0.6 is 0 Å². The highest BCUT2D eigenvalue weighted by Crippen LogP contribution is 2.10. The second-order valence-corrected chi connectivity index (χ2v) is 6.10. The summed E-state index contributed by atoms with van der Waals surface area (Å²) in [5.41, 5.74) is 0.390. The van der Waals surface area contributed by atoms with E-state index >= 15 is 0 Å². The van der Waals surface area contributed by atoms with E-state index in [0.717, 1.165) is 5.56 Å². The van der Waals surface area contributed by atoms with Crippen LogP contribution in [0.25, 0.3) is 0 Å². The largest absolute Gasteiger partial charge is 0.460 e. The van der Waals surface area contributed by atoms with Crippen molar-refractivity contribution in [2.24, 2.45) is 0 Å². The van der Waals surface area contributed by atoms with Gasteiger partial charge in [0.05, 0.1) is 6.42 Å². The van der Waals surface area contributed by atoms with Gasteiger partial charge in [-0.15, -0.1) is 0 Å². The van der Waals surface area contributed by atoms with Crippen molar-refractivity contribution in [3.8, 4) is 0 Å². The molecule has 0 aliphatic heterocycles. The molecule has 0 saturated heterocycles. The van der Waals surface area contributed by atoms with E-state index in [2.05, 4.69) is 5.32 Å². The van der Waals surface area contributed by atoms with Gasteiger partial charge in [0.1, 0.15) is 12.2 Å². The van der Waals surface area contributed by atoms with Gasteiger partial charge in [-0.3, -0.25) is 4.79 Å². The fourth-order valence-electron chi connectivity index (χ4n) is 1.81. The number of alkyl carbamates (subject to hydrolysis) is 1. The smallest absolute Gasteiger partial charge is 0.407 e. The number of esters is 1. The van der Waals surface area contributed by atoms with Crippen LogP contribution in [-0.4, -0.2) is 23.7 Å². The third-order valence-corrected chi connectivity index (χ3v) is 2.86. The Labute approximate surface area is 132 Å². The van der Waals surface area contributed by atoms with Gasteiger partial charge < -0.3 is 14.8 Å².